The maximum Gasteiger partial charge on any atom is 0.0459 e. The van der Waals surface area contributed by atoms with Crippen LogP contribution in [-0.2, 0) is 0 Å². The summed E-state index contributed by atoms with van der Waals surface area (Å²) in [6.45, 7) is 0.417. The molecule has 0 heterocycles. The molecule has 0 saturated heterocycles. The van der Waals surface area contributed by atoms with Crippen molar-refractivity contribution in [2.75, 3.05) is 13.7 Å². The van der Waals surface area contributed by atoms with E-state index in [2.05, 4.69) is 0 Å². The molecule has 0 unspecified atom stereocenters. The standard InChI is InChI=1S/C4H8O.CH4O/c5-3-4-1-2-4;1-2/h4-5H,1-3H2;2H,1H3. The quantitative estimate of drug-likeness (QED) is 0.491. The number of hydrogen-bond donors (Lipinski definition) is 2. The Kier molecular flexibility index (Phi) is 4.04. The number of hydrogen-bond acceptors (Lipinski definition) is 2. The smallest absolute Gasteiger partial charge is 0.0459 e. The molecule has 2 N–H and O–H groups in total. The molecule has 1 rings (SSSR count). The lowest BCUT2D eigenvalue weighted by molar-refractivity contribution is 0.277. The van der Waals surface area contributed by atoms with E-state index in [1.54, 1.807) is 0 Å². The van der Waals surface area contributed by atoms with Gasteiger partial charge in [-0.15, -0.1) is 0 Å². The Morgan fingerprint density at radius 1 is 1.43 bits per heavy atom. The highest BCUT2D eigenvalue weighted by atomic mass is 16.3. The summed E-state index contributed by atoms with van der Waals surface area (Å²) in [6.07, 6.45) is 2.52. The minimum Gasteiger partial charge on any atom is -0.400 e. The average molecular weight is 104 g/mol. The number of rotatable bonds is 1. The largest absolute Gasteiger partial charge is 0.400 e. The van der Waals surface area contributed by atoms with Gasteiger partial charge >= 0.3 is 0 Å². The highest BCUT2D eigenvalue weighted by molar-refractivity contribution is 4.70. The summed E-state index contributed by atoms with van der Waals surface area (Å²) in [5.41, 5.74) is 0. The molecular formula is C5H12O2. The fourth-order valence-corrected chi connectivity index (χ4v) is 0.300. The molecule has 0 aromatic heterocycles. The van der Waals surface area contributed by atoms with Crippen molar-refractivity contribution in [1.82, 2.24) is 0 Å². The molecule has 2 nitrogen and oxygen atoms in total. The van der Waals surface area contributed by atoms with Gasteiger partial charge in [0, 0.05) is 13.7 Å². The van der Waals surface area contributed by atoms with Gasteiger partial charge in [0.25, 0.3) is 0 Å². The molecule has 1 aliphatic rings. The van der Waals surface area contributed by atoms with Crippen molar-refractivity contribution in [3.8, 4) is 0 Å². The van der Waals surface area contributed by atoms with E-state index in [0.717, 1.165) is 7.11 Å². The summed E-state index contributed by atoms with van der Waals surface area (Å²) in [5, 5.41) is 15.2. The fourth-order valence-electron chi connectivity index (χ4n) is 0.300. The van der Waals surface area contributed by atoms with Crippen LogP contribution in [0.1, 0.15) is 12.8 Å². The van der Waals surface area contributed by atoms with Crippen LogP contribution in [0, 0.1) is 5.92 Å². The number of aliphatic hydroxyl groups excluding tert-OH is 2. The lowest BCUT2D eigenvalue weighted by atomic mass is 10.5. The van der Waals surface area contributed by atoms with E-state index in [-0.39, 0.29) is 0 Å². The second-order valence-electron chi connectivity index (χ2n) is 1.63. The van der Waals surface area contributed by atoms with Gasteiger partial charge in [-0.25, -0.2) is 0 Å². The van der Waals surface area contributed by atoms with Gasteiger partial charge in [0.15, 0.2) is 0 Å². The minimum atomic E-state index is 0.417. The number of aliphatic hydroxyl groups is 2. The van der Waals surface area contributed by atoms with Crippen molar-refractivity contribution >= 4 is 0 Å². The third-order valence-electron chi connectivity index (χ3n) is 0.955. The van der Waals surface area contributed by atoms with E-state index in [1.807, 2.05) is 0 Å². The van der Waals surface area contributed by atoms with Gasteiger partial charge in [0.2, 0.25) is 0 Å². The molecule has 1 saturated carbocycles. The zero-order valence-electron chi connectivity index (χ0n) is 4.59. The van der Waals surface area contributed by atoms with Crippen LogP contribution in [0.3, 0.4) is 0 Å². The third-order valence-corrected chi connectivity index (χ3v) is 0.955. The molecular weight excluding hydrogens is 92.1 g/mol. The van der Waals surface area contributed by atoms with Gasteiger partial charge in [0.05, 0.1) is 0 Å². The first-order chi connectivity index (χ1) is 3.43. The summed E-state index contributed by atoms with van der Waals surface area (Å²) in [5.74, 6) is 0.690. The second kappa shape index (κ2) is 4.09. The minimum absolute atomic E-state index is 0.417. The summed E-state index contributed by atoms with van der Waals surface area (Å²) in [4.78, 5) is 0. The summed E-state index contributed by atoms with van der Waals surface area (Å²) < 4.78 is 0. The van der Waals surface area contributed by atoms with Gasteiger partial charge in [-0.1, -0.05) is 0 Å². The van der Waals surface area contributed by atoms with Crippen molar-refractivity contribution < 1.29 is 10.2 Å². The zero-order valence-corrected chi connectivity index (χ0v) is 4.59. The zero-order chi connectivity index (χ0) is 5.70. The van der Waals surface area contributed by atoms with Crippen molar-refractivity contribution in [3.63, 3.8) is 0 Å². The van der Waals surface area contributed by atoms with Crippen molar-refractivity contribution in [2.45, 2.75) is 12.8 Å². The van der Waals surface area contributed by atoms with Gasteiger partial charge in [-0.3, -0.25) is 0 Å². The lowest BCUT2D eigenvalue weighted by Gasteiger charge is -1.73. The topological polar surface area (TPSA) is 40.5 Å². The fraction of sp³-hybridized carbons (Fsp3) is 1.00. The van der Waals surface area contributed by atoms with Crippen LogP contribution in [0.15, 0.2) is 0 Å². The Balaban J connectivity index is 0.000000162. The Bertz CT molecular complexity index is 33.1. The van der Waals surface area contributed by atoms with E-state index < -0.39 is 0 Å². The third kappa shape index (κ3) is 3.76. The summed E-state index contributed by atoms with van der Waals surface area (Å²) in [7, 11) is 1.00. The first kappa shape index (κ1) is 6.92. The molecule has 1 aliphatic carbocycles. The Morgan fingerprint density at radius 3 is 1.86 bits per heavy atom. The molecule has 0 atom stereocenters. The average Bonchev–Trinajstić information content (AvgIpc) is 2.52. The van der Waals surface area contributed by atoms with Crippen LogP contribution in [0.2, 0.25) is 0 Å². The second-order valence-corrected chi connectivity index (χ2v) is 1.63. The highest BCUT2D eigenvalue weighted by Crippen LogP contribution is 2.27. The maximum absolute atomic E-state index is 8.21. The molecule has 44 valence electrons. The van der Waals surface area contributed by atoms with E-state index in [9.17, 15) is 0 Å². The highest BCUT2D eigenvalue weighted by Gasteiger charge is 2.18. The maximum atomic E-state index is 8.21. The van der Waals surface area contributed by atoms with Gasteiger partial charge in [-0.05, 0) is 18.8 Å². The SMILES string of the molecule is CO.OCC1CC1. The predicted octanol–water partition coefficient (Wildman–Crippen LogP) is -0.00280. The lowest BCUT2D eigenvalue weighted by Crippen LogP contribution is -1.78. The molecule has 0 bridgehead atoms. The normalized spacial score (nSPS) is 17.6. The first-order valence-corrected chi connectivity index (χ1v) is 2.49. The van der Waals surface area contributed by atoms with E-state index in [4.69, 9.17) is 10.2 Å². The molecule has 0 amide bonds. The molecule has 0 aromatic rings. The van der Waals surface area contributed by atoms with Crippen molar-refractivity contribution in [1.29, 1.82) is 0 Å². The summed E-state index contributed by atoms with van der Waals surface area (Å²) in [6, 6.07) is 0. The Labute approximate surface area is 43.8 Å². The van der Waals surface area contributed by atoms with E-state index in [0.29, 0.717) is 12.5 Å². The van der Waals surface area contributed by atoms with Crippen LogP contribution in [0.25, 0.3) is 0 Å². The van der Waals surface area contributed by atoms with Gasteiger partial charge < -0.3 is 10.2 Å². The Hall–Kier alpha value is -0.0800. The molecule has 0 aliphatic heterocycles. The molecule has 0 radical (unpaired) electrons. The predicted molar refractivity (Wildman–Crippen MR) is 28.0 cm³/mol. The van der Waals surface area contributed by atoms with Crippen LogP contribution in [0.4, 0.5) is 0 Å². The summed E-state index contributed by atoms with van der Waals surface area (Å²) >= 11 is 0. The van der Waals surface area contributed by atoms with E-state index >= 15 is 0 Å². The van der Waals surface area contributed by atoms with Crippen molar-refractivity contribution in [2.24, 2.45) is 5.92 Å². The molecule has 1 fully saturated rings. The monoisotopic (exact) mass is 104 g/mol. The molecule has 7 heavy (non-hydrogen) atoms. The molecule has 0 spiro atoms. The Morgan fingerprint density at radius 2 is 1.86 bits per heavy atom. The van der Waals surface area contributed by atoms with Crippen LogP contribution in [0.5, 0.6) is 0 Å². The molecule has 2 heteroatoms. The van der Waals surface area contributed by atoms with Crippen molar-refractivity contribution in [3.05, 3.63) is 0 Å². The van der Waals surface area contributed by atoms with Crippen LogP contribution < -0.4 is 0 Å². The molecule has 0 aromatic carbocycles. The first-order valence-electron chi connectivity index (χ1n) is 2.49. The van der Waals surface area contributed by atoms with Crippen LogP contribution >= 0.6 is 0 Å². The van der Waals surface area contributed by atoms with Gasteiger partial charge in [0.1, 0.15) is 0 Å². The van der Waals surface area contributed by atoms with Crippen LogP contribution in [-0.4, -0.2) is 23.9 Å². The van der Waals surface area contributed by atoms with Gasteiger partial charge in [-0.2, -0.15) is 0 Å². The van der Waals surface area contributed by atoms with E-state index in [1.165, 1.54) is 12.8 Å².